The second-order valence-corrected chi connectivity index (χ2v) is 5.74. The van der Waals surface area contributed by atoms with Crippen LogP contribution in [0.2, 0.25) is 0 Å². The van der Waals surface area contributed by atoms with Gasteiger partial charge in [-0.2, -0.15) is 0 Å². The lowest BCUT2D eigenvalue weighted by Gasteiger charge is -2.32. The summed E-state index contributed by atoms with van der Waals surface area (Å²) in [4.78, 5) is 23.7. The first-order chi connectivity index (χ1) is 10.5. The van der Waals surface area contributed by atoms with E-state index in [9.17, 15) is 4.79 Å². The summed E-state index contributed by atoms with van der Waals surface area (Å²) in [7, 11) is 0. The van der Waals surface area contributed by atoms with E-state index in [0.29, 0.717) is 5.82 Å². The van der Waals surface area contributed by atoms with Gasteiger partial charge in [-0.3, -0.25) is 10.3 Å². The van der Waals surface area contributed by atoms with E-state index in [4.69, 9.17) is 4.74 Å². The van der Waals surface area contributed by atoms with Gasteiger partial charge in [0.05, 0.1) is 16.7 Å². The van der Waals surface area contributed by atoms with Crippen LogP contribution in [-0.2, 0) is 10.3 Å². The van der Waals surface area contributed by atoms with Crippen LogP contribution >= 0.6 is 0 Å². The highest BCUT2D eigenvalue weighted by molar-refractivity contribution is 5.93. The molecule has 2 N–H and O–H groups in total. The van der Waals surface area contributed by atoms with Crippen molar-refractivity contribution in [1.82, 2.24) is 15.0 Å². The van der Waals surface area contributed by atoms with Gasteiger partial charge in [-0.25, -0.2) is 9.78 Å². The van der Waals surface area contributed by atoms with Crippen LogP contribution in [0.5, 0.6) is 0 Å². The lowest BCUT2D eigenvalue weighted by molar-refractivity contribution is 0.0421. The Balaban J connectivity index is 1.90. The SMILES string of the molecule is CC1(C)OC(=O)Nc2cc3nc(-c4ccccn4)[nH]c3cc21. The standard InChI is InChI=1S/C16H14N4O2/c1-16(2)9-7-12-13(8-11(9)20-15(21)22-16)19-14(18-12)10-5-3-4-6-17-10/h3-8H,1-2H3,(H,18,19)(H,20,21). The van der Waals surface area contributed by atoms with Gasteiger partial charge in [-0.15, -0.1) is 0 Å². The zero-order chi connectivity index (χ0) is 15.3. The number of pyridine rings is 1. The Morgan fingerprint density at radius 3 is 2.86 bits per heavy atom. The van der Waals surface area contributed by atoms with Crippen molar-refractivity contribution in [2.75, 3.05) is 5.32 Å². The van der Waals surface area contributed by atoms with E-state index in [0.717, 1.165) is 28.0 Å². The highest BCUT2D eigenvalue weighted by Crippen LogP contribution is 2.37. The minimum absolute atomic E-state index is 0.447. The third kappa shape index (κ3) is 1.92. The van der Waals surface area contributed by atoms with Crippen LogP contribution in [-0.4, -0.2) is 21.0 Å². The fourth-order valence-electron chi connectivity index (χ4n) is 2.70. The van der Waals surface area contributed by atoms with Gasteiger partial charge < -0.3 is 9.72 Å². The number of carbonyl (C=O) groups is 1. The Hall–Kier alpha value is -2.89. The average Bonchev–Trinajstić information content (AvgIpc) is 2.88. The molecule has 0 fully saturated rings. The molecule has 0 spiro atoms. The Morgan fingerprint density at radius 2 is 2.09 bits per heavy atom. The number of hydrogen-bond acceptors (Lipinski definition) is 4. The van der Waals surface area contributed by atoms with Crippen LogP contribution in [0, 0.1) is 0 Å². The molecular formula is C16H14N4O2. The molecule has 6 nitrogen and oxygen atoms in total. The fourth-order valence-corrected chi connectivity index (χ4v) is 2.70. The summed E-state index contributed by atoms with van der Waals surface area (Å²) < 4.78 is 5.34. The number of anilines is 1. The smallest absolute Gasteiger partial charge is 0.412 e. The number of ether oxygens (including phenoxy) is 1. The van der Waals surface area contributed by atoms with E-state index >= 15 is 0 Å². The molecule has 0 bridgehead atoms. The highest BCUT2D eigenvalue weighted by Gasteiger charge is 2.34. The zero-order valence-corrected chi connectivity index (χ0v) is 12.2. The number of carbonyl (C=O) groups excluding carboxylic acids is 1. The highest BCUT2D eigenvalue weighted by atomic mass is 16.6. The van der Waals surface area contributed by atoms with Crippen LogP contribution in [0.1, 0.15) is 19.4 Å². The molecule has 1 aliphatic heterocycles. The molecule has 0 atom stereocenters. The maximum absolute atomic E-state index is 11.6. The first kappa shape index (κ1) is 12.8. The van der Waals surface area contributed by atoms with E-state index < -0.39 is 11.7 Å². The largest absolute Gasteiger partial charge is 0.438 e. The summed E-state index contributed by atoms with van der Waals surface area (Å²) in [6, 6.07) is 9.49. The van der Waals surface area contributed by atoms with Gasteiger partial charge in [0.25, 0.3) is 0 Å². The number of imidazole rings is 1. The molecule has 110 valence electrons. The molecule has 0 radical (unpaired) electrons. The number of amides is 1. The summed E-state index contributed by atoms with van der Waals surface area (Å²) in [5, 5.41) is 2.73. The zero-order valence-electron chi connectivity index (χ0n) is 12.2. The number of aromatic amines is 1. The first-order valence-corrected chi connectivity index (χ1v) is 6.98. The van der Waals surface area contributed by atoms with Crippen molar-refractivity contribution in [3.05, 3.63) is 42.1 Å². The molecule has 3 aromatic rings. The molecule has 4 rings (SSSR count). The van der Waals surface area contributed by atoms with Gasteiger partial charge >= 0.3 is 6.09 Å². The van der Waals surface area contributed by atoms with E-state index in [1.807, 2.05) is 44.2 Å². The molecular weight excluding hydrogens is 280 g/mol. The second kappa shape index (κ2) is 4.30. The predicted octanol–water partition coefficient (Wildman–Crippen LogP) is 3.42. The van der Waals surface area contributed by atoms with E-state index in [1.54, 1.807) is 6.20 Å². The summed E-state index contributed by atoms with van der Waals surface area (Å²) in [5.74, 6) is 0.697. The third-order valence-electron chi connectivity index (χ3n) is 3.76. The van der Waals surface area contributed by atoms with Crippen LogP contribution in [0.15, 0.2) is 36.5 Å². The number of nitrogens with one attached hydrogen (secondary N) is 2. The van der Waals surface area contributed by atoms with Crippen LogP contribution in [0.3, 0.4) is 0 Å². The number of benzene rings is 1. The number of H-pyrrole nitrogens is 1. The van der Waals surface area contributed by atoms with Crippen LogP contribution < -0.4 is 5.32 Å². The molecule has 2 aromatic heterocycles. The summed E-state index contributed by atoms with van der Waals surface area (Å²) >= 11 is 0. The Bertz CT molecular complexity index is 884. The van der Waals surface area contributed by atoms with Crippen molar-refractivity contribution in [3.8, 4) is 11.5 Å². The minimum atomic E-state index is -0.678. The maximum atomic E-state index is 11.6. The number of cyclic esters (lactones) is 1. The number of rotatable bonds is 1. The van der Waals surface area contributed by atoms with Gasteiger partial charge in [0.1, 0.15) is 11.3 Å². The van der Waals surface area contributed by atoms with E-state index in [1.165, 1.54) is 0 Å². The Kier molecular flexibility index (Phi) is 2.51. The minimum Gasteiger partial charge on any atom is -0.438 e. The molecule has 0 saturated heterocycles. The third-order valence-corrected chi connectivity index (χ3v) is 3.76. The van der Waals surface area contributed by atoms with Crippen molar-refractivity contribution in [2.45, 2.75) is 19.4 Å². The molecule has 1 aromatic carbocycles. The Morgan fingerprint density at radius 1 is 1.23 bits per heavy atom. The molecule has 1 amide bonds. The number of nitrogens with zero attached hydrogens (tertiary/aromatic N) is 2. The van der Waals surface area contributed by atoms with Gasteiger partial charge in [0.2, 0.25) is 0 Å². The van der Waals surface area contributed by atoms with Crippen molar-refractivity contribution < 1.29 is 9.53 Å². The topological polar surface area (TPSA) is 79.9 Å². The number of fused-ring (bicyclic) bond motifs is 2. The molecule has 0 saturated carbocycles. The van der Waals surface area contributed by atoms with Crippen LogP contribution in [0.25, 0.3) is 22.6 Å². The molecule has 1 aliphatic rings. The van der Waals surface area contributed by atoms with Crippen molar-refractivity contribution in [3.63, 3.8) is 0 Å². The van der Waals surface area contributed by atoms with Crippen molar-refractivity contribution >= 4 is 22.8 Å². The summed E-state index contributed by atoms with van der Waals surface area (Å²) in [5.41, 5.74) is 3.40. The normalized spacial score (nSPS) is 16.0. The molecule has 3 heterocycles. The molecule has 6 heteroatoms. The van der Waals surface area contributed by atoms with Gasteiger partial charge in [-0.05, 0) is 38.1 Å². The van der Waals surface area contributed by atoms with Gasteiger partial charge in [-0.1, -0.05) is 6.07 Å². The first-order valence-electron chi connectivity index (χ1n) is 6.98. The molecule has 0 unspecified atom stereocenters. The van der Waals surface area contributed by atoms with Crippen molar-refractivity contribution in [1.29, 1.82) is 0 Å². The molecule has 22 heavy (non-hydrogen) atoms. The van der Waals surface area contributed by atoms with E-state index in [-0.39, 0.29) is 0 Å². The monoisotopic (exact) mass is 294 g/mol. The van der Waals surface area contributed by atoms with Gasteiger partial charge in [0.15, 0.2) is 5.82 Å². The number of hydrogen-bond donors (Lipinski definition) is 2. The lowest BCUT2D eigenvalue weighted by atomic mass is 9.94. The predicted molar refractivity (Wildman–Crippen MR) is 82.5 cm³/mol. The maximum Gasteiger partial charge on any atom is 0.412 e. The van der Waals surface area contributed by atoms with Crippen molar-refractivity contribution in [2.24, 2.45) is 0 Å². The van der Waals surface area contributed by atoms with E-state index in [2.05, 4.69) is 20.3 Å². The second-order valence-electron chi connectivity index (χ2n) is 5.74. The number of aromatic nitrogens is 3. The summed E-state index contributed by atoms with van der Waals surface area (Å²) in [6.07, 6.45) is 1.28. The van der Waals surface area contributed by atoms with Gasteiger partial charge in [0, 0.05) is 11.8 Å². The quantitative estimate of drug-likeness (QED) is 0.720. The average molecular weight is 294 g/mol. The lowest BCUT2D eigenvalue weighted by Crippen LogP contribution is -2.34. The summed E-state index contributed by atoms with van der Waals surface area (Å²) in [6.45, 7) is 3.73. The Labute approximate surface area is 126 Å². The fraction of sp³-hybridized carbons (Fsp3) is 0.188. The van der Waals surface area contributed by atoms with Crippen LogP contribution in [0.4, 0.5) is 10.5 Å². The molecule has 0 aliphatic carbocycles.